The molecule has 0 aliphatic carbocycles. The van der Waals surface area contributed by atoms with E-state index >= 15 is 0 Å². The van der Waals surface area contributed by atoms with Gasteiger partial charge in [0.05, 0.1) is 19.1 Å². The van der Waals surface area contributed by atoms with Crippen LogP contribution in [-0.4, -0.2) is 33.6 Å². The molecule has 0 saturated carbocycles. The fraction of sp³-hybridized carbons (Fsp3) is 0.647. The Kier molecular flexibility index (Phi) is 6.67. The van der Waals surface area contributed by atoms with Crippen molar-refractivity contribution < 1.29 is 14.2 Å². The van der Waals surface area contributed by atoms with Crippen molar-refractivity contribution in [2.24, 2.45) is 5.92 Å². The van der Waals surface area contributed by atoms with Gasteiger partial charge in [-0.1, -0.05) is 13.3 Å². The predicted molar refractivity (Wildman–Crippen MR) is 84.3 cm³/mol. The summed E-state index contributed by atoms with van der Waals surface area (Å²) < 4.78 is 6.58. The normalized spacial score (nSPS) is 17.4. The zero-order valence-corrected chi connectivity index (χ0v) is 13.2. The Balaban J connectivity index is 1.58. The van der Waals surface area contributed by atoms with Crippen LogP contribution < -0.4 is 4.57 Å². The second-order valence-corrected chi connectivity index (χ2v) is 5.85. The Morgan fingerprint density at radius 2 is 2.05 bits per heavy atom. The van der Waals surface area contributed by atoms with Gasteiger partial charge in [0.1, 0.15) is 25.5 Å². The molecule has 2 heterocycles. The van der Waals surface area contributed by atoms with E-state index in [1.165, 1.54) is 32.1 Å². The summed E-state index contributed by atoms with van der Waals surface area (Å²) in [5.74, 6) is 0.664. The topological polar surface area (TPSA) is 32.0 Å². The first-order chi connectivity index (χ1) is 10.3. The van der Waals surface area contributed by atoms with Gasteiger partial charge >= 0.3 is 0 Å². The lowest BCUT2D eigenvalue weighted by atomic mass is 10.1. The van der Waals surface area contributed by atoms with Crippen molar-refractivity contribution in [1.29, 1.82) is 0 Å². The molecule has 116 valence electrons. The van der Waals surface area contributed by atoms with Gasteiger partial charge in [0.2, 0.25) is 6.33 Å². The molecule has 4 nitrogen and oxygen atoms in total. The minimum Gasteiger partial charge on any atom is -0.392 e. The third kappa shape index (κ3) is 5.46. The number of hydrogen-bond acceptors (Lipinski definition) is 1. The van der Waals surface area contributed by atoms with Crippen LogP contribution in [0.2, 0.25) is 0 Å². The van der Waals surface area contributed by atoms with Gasteiger partial charge in [0.25, 0.3) is 0 Å². The molecular weight excluding hydrogens is 262 g/mol. The molecule has 0 radical (unpaired) electrons. The highest BCUT2D eigenvalue weighted by Gasteiger charge is 2.14. The molecule has 1 aliphatic rings. The van der Waals surface area contributed by atoms with Crippen molar-refractivity contribution in [3.05, 3.63) is 31.0 Å². The molecule has 1 N–H and O–H groups in total. The maximum absolute atomic E-state index is 8.89. The summed E-state index contributed by atoms with van der Waals surface area (Å²) in [5.41, 5.74) is 0. The summed E-state index contributed by atoms with van der Waals surface area (Å²) in [5, 5.41) is 8.89. The Morgan fingerprint density at radius 1 is 1.19 bits per heavy atom. The molecule has 0 bridgehead atoms. The average molecular weight is 291 g/mol. The Labute approximate surface area is 128 Å². The molecule has 1 aromatic rings. The fourth-order valence-corrected chi connectivity index (χ4v) is 2.80. The van der Waals surface area contributed by atoms with Crippen LogP contribution in [0.15, 0.2) is 31.0 Å². The number of aryl methyl sites for hydroxylation is 1. The second kappa shape index (κ2) is 8.78. The molecule has 0 saturated heterocycles. The SMILES string of the molecule is CCCC1C=C[N+](CCCCC[n+]2ccn(CCO)c2)=C1. The van der Waals surface area contributed by atoms with Gasteiger partial charge in [-0.2, -0.15) is 0 Å². The fourth-order valence-electron chi connectivity index (χ4n) is 2.80. The lowest BCUT2D eigenvalue weighted by molar-refractivity contribution is -0.697. The summed E-state index contributed by atoms with van der Waals surface area (Å²) in [7, 11) is 0. The van der Waals surface area contributed by atoms with Crippen LogP contribution in [0.25, 0.3) is 0 Å². The lowest BCUT2D eigenvalue weighted by Crippen LogP contribution is -2.31. The summed E-state index contributed by atoms with van der Waals surface area (Å²) in [6.45, 7) is 5.34. The number of imidazole rings is 1. The monoisotopic (exact) mass is 291 g/mol. The molecule has 1 atom stereocenters. The summed E-state index contributed by atoms with van der Waals surface area (Å²) >= 11 is 0. The molecule has 0 amide bonds. The molecule has 1 aliphatic heterocycles. The van der Waals surface area contributed by atoms with Crippen molar-refractivity contribution >= 4 is 6.21 Å². The number of aliphatic hydroxyl groups excluding tert-OH is 1. The van der Waals surface area contributed by atoms with Gasteiger partial charge in [-0.25, -0.2) is 13.7 Å². The highest BCUT2D eigenvalue weighted by Crippen LogP contribution is 2.10. The van der Waals surface area contributed by atoms with Crippen molar-refractivity contribution in [2.75, 3.05) is 13.2 Å². The number of aromatic nitrogens is 2. The molecule has 1 unspecified atom stereocenters. The molecule has 0 fully saturated rings. The number of nitrogens with zero attached hydrogens (tertiary/aromatic N) is 3. The number of hydrogen-bond donors (Lipinski definition) is 1. The maximum atomic E-state index is 8.89. The molecule has 1 aromatic heterocycles. The quantitative estimate of drug-likeness (QED) is 0.519. The molecular formula is C17H29N3O+2. The number of allylic oxidation sites excluding steroid dienone is 1. The first-order valence-corrected chi connectivity index (χ1v) is 8.26. The van der Waals surface area contributed by atoms with Crippen molar-refractivity contribution in [3.63, 3.8) is 0 Å². The first kappa shape index (κ1) is 16.0. The first-order valence-electron chi connectivity index (χ1n) is 8.26. The van der Waals surface area contributed by atoms with E-state index in [0.717, 1.165) is 13.1 Å². The highest BCUT2D eigenvalue weighted by molar-refractivity contribution is 5.60. The van der Waals surface area contributed by atoms with Gasteiger partial charge in [-0.3, -0.25) is 0 Å². The van der Waals surface area contributed by atoms with Crippen molar-refractivity contribution in [3.8, 4) is 0 Å². The standard InChI is InChI=1S/C17H29N3O/c1-2-6-17-7-10-18(15-17)8-4-3-5-9-19-11-12-20(16-19)13-14-21/h7,10-12,15-17,21H,2-6,8-9,13-14H2,1H3/q+2. The van der Waals surface area contributed by atoms with Gasteiger partial charge in [0.15, 0.2) is 12.4 Å². The zero-order valence-electron chi connectivity index (χ0n) is 13.2. The third-order valence-corrected chi connectivity index (χ3v) is 3.97. The molecule has 0 spiro atoms. The van der Waals surface area contributed by atoms with E-state index in [1.807, 2.05) is 10.8 Å². The van der Waals surface area contributed by atoms with Crippen LogP contribution in [0.3, 0.4) is 0 Å². The Bertz CT molecular complexity index is 476. The van der Waals surface area contributed by atoms with E-state index in [4.69, 9.17) is 5.11 Å². The van der Waals surface area contributed by atoms with E-state index < -0.39 is 0 Å². The minimum absolute atomic E-state index is 0.202. The summed E-state index contributed by atoms with van der Waals surface area (Å²) in [6.07, 6.45) is 19.4. The van der Waals surface area contributed by atoms with E-state index in [1.54, 1.807) is 0 Å². The lowest BCUT2D eigenvalue weighted by Gasteiger charge is -1.98. The van der Waals surface area contributed by atoms with Crippen LogP contribution in [0.5, 0.6) is 0 Å². The zero-order chi connectivity index (χ0) is 14.9. The highest BCUT2D eigenvalue weighted by atomic mass is 16.3. The molecule has 0 aromatic carbocycles. The Hall–Kier alpha value is -1.42. The number of unbranched alkanes of at least 4 members (excludes halogenated alkanes) is 2. The van der Waals surface area contributed by atoms with E-state index in [-0.39, 0.29) is 6.61 Å². The van der Waals surface area contributed by atoms with E-state index in [2.05, 4.69) is 47.1 Å². The predicted octanol–water partition coefficient (Wildman–Crippen LogP) is 1.97. The Morgan fingerprint density at radius 3 is 2.86 bits per heavy atom. The van der Waals surface area contributed by atoms with Crippen molar-refractivity contribution in [2.45, 2.75) is 52.1 Å². The van der Waals surface area contributed by atoms with Crippen LogP contribution in [-0.2, 0) is 13.1 Å². The van der Waals surface area contributed by atoms with Gasteiger partial charge in [-0.05, 0) is 25.3 Å². The summed E-state index contributed by atoms with van der Waals surface area (Å²) in [4.78, 5) is 0. The van der Waals surface area contributed by atoms with Gasteiger partial charge < -0.3 is 5.11 Å². The number of rotatable bonds is 10. The van der Waals surface area contributed by atoms with Crippen molar-refractivity contribution in [1.82, 2.24) is 4.57 Å². The smallest absolute Gasteiger partial charge is 0.243 e. The molecule has 4 heteroatoms. The second-order valence-electron chi connectivity index (χ2n) is 5.85. The van der Waals surface area contributed by atoms with Crippen LogP contribution in [0.1, 0.15) is 39.0 Å². The van der Waals surface area contributed by atoms with Crippen LogP contribution in [0, 0.1) is 5.92 Å². The van der Waals surface area contributed by atoms with Gasteiger partial charge in [0, 0.05) is 6.42 Å². The van der Waals surface area contributed by atoms with Gasteiger partial charge in [-0.15, -0.1) is 0 Å². The average Bonchev–Trinajstić information content (AvgIpc) is 3.09. The largest absolute Gasteiger partial charge is 0.392 e. The minimum atomic E-state index is 0.202. The van der Waals surface area contributed by atoms with Crippen LogP contribution >= 0.6 is 0 Å². The van der Waals surface area contributed by atoms with Crippen LogP contribution in [0.4, 0.5) is 0 Å². The van der Waals surface area contributed by atoms with E-state index in [0.29, 0.717) is 12.5 Å². The molecule has 21 heavy (non-hydrogen) atoms. The summed E-state index contributed by atoms with van der Waals surface area (Å²) in [6, 6.07) is 0. The third-order valence-electron chi connectivity index (χ3n) is 3.97. The number of aliphatic hydroxyl groups is 1. The maximum Gasteiger partial charge on any atom is 0.243 e. The molecule has 2 rings (SSSR count). The van der Waals surface area contributed by atoms with E-state index in [9.17, 15) is 0 Å².